The highest BCUT2D eigenvalue weighted by Gasteiger charge is 2.44. The van der Waals surface area contributed by atoms with E-state index in [-0.39, 0.29) is 41.8 Å². The monoisotopic (exact) mass is 507 g/mol. The predicted octanol–water partition coefficient (Wildman–Crippen LogP) is 2.60. The van der Waals surface area contributed by atoms with Crippen molar-refractivity contribution in [3.63, 3.8) is 0 Å². The van der Waals surface area contributed by atoms with Crippen LogP contribution in [0.5, 0.6) is 0 Å². The van der Waals surface area contributed by atoms with Crippen LogP contribution in [-0.2, 0) is 16.6 Å². The Morgan fingerprint density at radius 1 is 1.14 bits per heavy atom. The van der Waals surface area contributed by atoms with Crippen LogP contribution in [0.15, 0.2) is 59.7 Å². The largest absolute Gasteiger partial charge is 0.356 e. The second kappa shape index (κ2) is 11.1. The molecule has 1 amide bonds. The molecule has 0 bridgehead atoms. The Bertz CT molecular complexity index is 793. The van der Waals surface area contributed by atoms with Gasteiger partial charge in [0.15, 0.2) is 5.96 Å². The summed E-state index contributed by atoms with van der Waals surface area (Å²) in [6.45, 7) is 1.68. The second-order valence-corrected chi connectivity index (χ2v) is 7.31. The predicted molar refractivity (Wildman–Crippen MR) is 128 cm³/mol. The molecule has 6 nitrogen and oxygen atoms in total. The fourth-order valence-electron chi connectivity index (χ4n) is 3.23. The molecule has 1 aromatic carbocycles. The summed E-state index contributed by atoms with van der Waals surface area (Å²) >= 11 is 0. The van der Waals surface area contributed by atoms with Crippen molar-refractivity contribution in [2.45, 2.75) is 24.7 Å². The molecule has 1 heterocycles. The fourth-order valence-corrected chi connectivity index (χ4v) is 3.23. The van der Waals surface area contributed by atoms with E-state index in [1.807, 2.05) is 31.3 Å². The van der Waals surface area contributed by atoms with Gasteiger partial charge < -0.3 is 15.5 Å². The minimum Gasteiger partial charge on any atom is -0.356 e. The van der Waals surface area contributed by atoms with Crippen LogP contribution in [-0.4, -0.2) is 55.5 Å². The number of nitrogens with zero attached hydrogens (tertiary/aromatic N) is 3. The number of guanidine groups is 1. The van der Waals surface area contributed by atoms with Crippen LogP contribution in [0.1, 0.15) is 24.1 Å². The summed E-state index contributed by atoms with van der Waals surface area (Å²) in [5.41, 5.74) is 2.55. The van der Waals surface area contributed by atoms with Crippen molar-refractivity contribution in [1.82, 2.24) is 20.5 Å². The van der Waals surface area contributed by atoms with Crippen molar-refractivity contribution in [3.05, 3.63) is 66.0 Å². The summed E-state index contributed by atoms with van der Waals surface area (Å²) in [6.07, 6.45) is 4.87. The van der Waals surface area contributed by atoms with Gasteiger partial charge in [-0.1, -0.05) is 36.4 Å². The first-order valence-electron chi connectivity index (χ1n) is 9.77. The molecule has 156 valence electrons. The first-order valence-corrected chi connectivity index (χ1v) is 9.77. The van der Waals surface area contributed by atoms with Gasteiger partial charge in [-0.15, -0.1) is 24.0 Å². The van der Waals surface area contributed by atoms with Gasteiger partial charge in [0.25, 0.3) is 0 Å². The maximum atomic E-state index is 12.4. The third kappa shape index (κ3) is 6.69. The van der Waals surface area contributed by atoms with Gasteiger partial charge in [-0.25, -0.2) is 0 Å². The Labute approximate surface area is 190 Å². The summed E-state index contributed by atoms with van der Waals surface area (Å²) in [5.74, 6) is 0.691. The number of aliphatic imine (C=N–C) groups is 1. The molecule has 0 atom stereocenters. The zero-order valence-electron chi connectivity index (χ0n) is 17.1. The molecule has 0 unspecified atom stereocenters. The standard InChI is InChI=1S/C22H29N5O.HI/c1-23-21(26-17-22(12-13-22)18-8-4-3-5-9-18)25-16-20(28)27(2)15-11-19-10-6-7-14-24-19;/h3-10,14H,11-13,15-17H2,1-2H3,(H2,23,25,26);1H. The molecule has 1 aromatic heterocycles. The van der Waals surface area contributed by atoms with Gasteiger partial charge >= 0.3 is 0 Å². The molecule has 1 aliphatic rings. The normalized spacial score (nSPS) is 14.5. The van der Waals surface area contributed by atoms with Crippen molar-refractivity contribution >= 4 is 35.8 Å². The number of benzene rings is 1. The molecule has 3 rings (SSSR count). The molecule has 0 radical (unpaired) electrons. The number of carbonyl (C=O) groups is 1. The molecule has 0 spiro atoms. The highest BCUT2D eigenvalue weighted by molar-refractivity contribution is 14.0. The van der Waals surface area contributed by atoms with E-state index in [4.69, 9.17) is 0 Å². The van der Waals surface area contributed by atoms with E-state index in [0.717, 1.165) is 18.7 Å². The highest BCUT2D eigenvalue weighted by atomic mass is 127. The third-order valence-corrected chi connectivity index (χ3v) is 5.32. The molecule has 1 aliphatic carbocycles. The zero-order valence-corrected chi connectivity index (χ0v) is 19.4. The lowest BCUT2D eigenvalue weighted by Gasteiger charge is -2.21. The van der Waals surface area contributed by atoms with E-state index in [2.05, 4.69) is 44.9 Å². The van der Waals surface area contributed by atoms with Crippen LogP contribution in [0.25, 0.3) is 0 Å². The van der Waals surface area contributed by atoms with E-state index in [9.17, 15) is 4.79 Å². The average Bonchev–Trinajstić information content (AvgIpc) is 3.54. The molecular formula is C22H30IN5O. The Balaban J connectivity index is 0.00000300. The smallest absolute Gasteiger partial charge is 0.241 e. The van der Waals surface area contributed by atoms with Gasteiger partial charge in [0, 0.05) is 50.9 Å². The third-order valence-electron chi connectivity index (χ3n) is 5.32. The Hall–Kier alpha value is -2.16. The van der Waals surface area contributed by atoms with Crippen LogP contribution in [0.4, 0.5) is 0 Å². The van der Waals surface area contributed by atoms with Gasteiger partial charge in [0.05, 0.1) is 6.54 Å². The first-order chi connectivity index (χ1) is 13.6. The summed E-state index contributed by atoms with van der Waals surface area (Å²) < 4.78 is 0. The number of rotatable bonds is 8. The molecule has 0 aliphatic heterocycles. The number of aromatic nitrogens is 1. The Morgan fingerprint density at radius 2 is 1.86 bits per heavy atom. The van der Waals surface area contributed by atoms with Crippen molar-refractivity contribution in [1.29, 1.82) is 0 Å². The lowest BCUT2D eigenvalue weighted by atomic mass is 9.96. The van der Waals surface area contributed by atoms with Crippen molar-refractivity contribution in [2.75, 3.05) is 33.7 Å². The molecule has 29 heavy (non-hydrogen) atoms. The number of hydrogen-bond donors (Lipinski definition) is 2. The average molecular weight is 507 g/mol. The van der Waals surface area contributed by atoms with Gasteiger partial charge in [0.2, 0.25) is 5.91 Å². The van der Waals surface area contributed by atoms with E-state index in [1.54, 1.807) is 18.1 Å². The maximum absolute atomic E-state index is 12.4. The number of carbonyl (C=O) groups excluding carboxylic acids is 1. The van der Waals surface area contributed by atoms with Crippen molar-refractivity contribution in [2.24, 2.45) is 4.99 Å². The number of halogens is 1. The summed E-state index contributed by atoms with van der Waals surface area (Å²) in [5, 5.41) is 6.51. The minimum absolute atomic E-state index is 0. The van der Waals surface area contributed by atoms with Gasteiger partial charge in [-0.2, -0.15) is 0 Å². The Kier molecular flexibility index (Phi) is 8.88. The lowest BCUT2D eigenvalue weighted by Crippen LogP contribution is -2.45. The first kappa shape index (κ1) is 23.1. The van der Waals surface area contributed by atoms with Crippen molar-refractivity contribution in [3.8, 4) is 0 Å². The topological polar surface area (TPSA) is 69.6 Å². The molecule has 2 aromatic rings. The fraction of sp³-hybridized carbons (Fsp3) is 0.409. The molecule has 7 heteroatoms. The maximum Gasteiger partial charge on any atom is 0.241 e. The highest BCUT2D eigenvalue weighted by Crippen LogP contribution is 2.47. The SMILES string of the molecule is CN=C(NCC(=O)N(C)CCc1ccccn1)NCC1(c2ccccc2)CC1.I. The second-order valence-electron chi connectivity index (χ2n) is 7.31. The molecule has 1 fully saturated rings. The van der Waals surface area contributed by atoms with E-state index >= 15 is 0 Å². The van der Waals surface area contributed by atoms with Crippen LogP contribution in [0.3, 0.4) is 0 Å². The summed E-state index contributed by atoms with van der Waals surface area (Å²) in [6, 6.07) is 16.4. The number of pyridine rings is 1. The van der Waals surface area contributed by atoms with Gasteiger partial charge in [-0.3, -0.25) is 14.8 Å². The van der Waals surface area contributed by atoms with Crippen LogP contribution >= 0.6 is 24.0 Å². The molecule has 0 saturated heterocycles. The lowest BCUT2D eigenvalue weighted by molar-refractivity contribution is -0.128. The van der Waals surface area contributed by atoms with Gasteiger partial charge in [-0.05, 0) is 30.5 Å². The summed E-state index contributed by atoms with van der Waals surface area (Å²) in [7, 11) is 3.55. The minimum atomic E-state index is 0. The van der Waals surface area contributed by atoms with E-state index in [0.29, 0.717) is 12.5 Å². The van der Waals surface area contributed by atoms with Gasteiger partial charge in [0.1, 0.15) is 0 Å². The quantitative estimate of drug-likeness (QED) is 0.328. The van der Waals surface area contributed by atoms with Crippen LogP contribution in [0, 0.1) is 0 Å². The summed E-state index contributed by atoms with van der Waals surface area (Å²) in [4.78, 5) is 22.6. The van der Waals surface area contributed by atoms with Crippen LogP contribution < -0.4 is 10.6 Å². The Morgan fingerprint density at radius 3 is 2.48 bits per heavy atom. The molecule has 2 N–H and O–H groups in total. The van der Waals surface area contributed by atoms with Crippen molar-refractivity contribution < 1.29 is 4.79 Å². The number of likely N-dealkylation sites (N-methyl/N-ethyl adjacent to an activating group) is 1. The molecular weight excluding hydrogens is 477 g/mol. The molecule has 1 saturated carbocycles. The number of nitrogens with one attached hydrogen (secondary N) is 2. The van der Waals surface area contributed by atoms with Crippen LogP contribution in [0.2, 0.25) is 0 Å². The van der Waals surface area contributed by atoms with E-state index < -0.39 is 0 Å². The number of hydrogen-bond acceptors (Lipinski definition) is 3. The zero-order chi connectivity index (χ0) is 19.8. The number of amides is 1. The van der Waals surface area contributed by atoms with E-state index in [1.165, 1.54) is 18.4 Å².